The highest BCUT2D eigenvalue weighted by atomic mass is 32.1. The van der Waals surface area contributed by atoms with Gasteiger partial charge in [-0.2, -0.15) is 0 Å². The third-order valence-electron chi connectivity index (χ3n) is 2.70. The fourth-order valence-electron chi connectivity index (χ4n) is 1.77. The van der Waals surface area contributed by atoms with E-state index < -0.39 is 4.92 Å². The first kappa shape index (κ1) is 14.0. The molecular formula is C13H13N3O3S. The summed E-state index contributed by atoms with van der Waals surface area (Å²) in [6.07, 6.45) is 0. The summed E-state index contributed by atoms with van der Waals surface area (Å²) in [6, 6.07) is 7.87. The normalized spacial score (nSPS) is 10.2. The Labute approximate surface area is 119 Å². The first-order chi connectivity index (χ1) is 9.47. The van der Waals surface area contributed by atoms with Crippen LogP contribution < -0.4 is 11.1 Å². The summed E-state index contributed by atoms with van der Waals surface area (Å²) >= 11 is 1.35. The number of carbonyl (C=O) groups excluding carboxylic acids is 1. The van der Waals surface area contributed by atoms with Crippen LogP contribution in [0.25, 0.3) is 0 Å². The maximum Gasteiger partial charge on any atom is 0.269 e. The number of anilines is 1. The highest BCUT2D eigenvalue weighted by Crippen LogP contribution is 2.24. The van der Waals surface area contributed by atoms with E-state index in [0.717, 1.165) is 4.88 Å². The summed E-state index contributed by atoms with van der Waals surface area (Å²) in [5, 5.41) is 13.8. The Balaban J connectivity index is 2.05. The first-order valence-corrected chi connectivity index (χ1v) is 6.66. The van der Waals surface area contributed by atoms with Gasteiger partial charge >= 0.3 is 0 Å². The standard InChI is InChI=1S/C13H13N3O3S/c1-8-5-11(12(14)20-8)13(17)15-7-9-3-2-4-10(6-9)16(18)19/h2-6H,7,14H2,1H3,(H,15,17). The van der Waals surface area contributed by atoms with Crippen LogP contribution in [0.3, 0.4) is 0 Å². The predicted molar refractivity (Wildman–Crippen MR) is 77.7 cm³/mol. The smallest absolute Gasteiger partial charge is 0.269 e. The summed E-state index contributed by atoms with van der Waals surface area (Å²) in [5.74, 6) is -0.279. The molecule has 2 aromatic rings. The van der Waals surface area contributed by atoms with Crippen molar-refractivity contribution in [2.24, 2.45) is 0 Å². The molecule has 0 aliphatic carbocycles. The molecule has 1 heterocycles. The molecule has 0 unspecified atom stereocenters. The number of nitrogen functional groups attached to an aromatic ring is 1. The van der Waals surface area contributed by atoms with Crippen LogP contribution in [-0.4, -0.2) is 10.8 Å². The minimum absolute atomic E-state index is 0.00245. The van der Waals surface area contributed by atoms with Gasteiger partial charge in [0.1, 0.15) is 0 Å². The predicted octanol–water partition coefficient (Wildman–Crippen LogP) is 2.48. The Hall–Kier alpha value is -2.41. The highest BCUT2D eigenvalue weighted by Gasteiger charge is 2.13. The van der Waals surface area contributed by atoms with E-state index in [-0.39, 0.29) is 18.1 Å². The van der Waals surface area contributed by atoms with Gasteiger partial charge in [-0.1, -0.05) is 12.1 Å². The van der Waals surface area contributed by atoms with Crippen molar-refractivity contribution in [2.75, 3.05) is 5.73 Å². The van der Waals surface area contributed by atoms with E-state index in [2.05, 4.69) is 5.32 Å². The van der Waals surface area contributed by atoms with E-state index in [1.807, 2.05) is 6.92 Å². The lowest BCUT2D eigenvalue weighted by atomic mass is 10.2. The van der Waals surface area contributed by atoms with Crippen molar-refractivity contribution in [3.63, 3.8) is 0 Å². The zero-order valence-electron chi connectivity index (χ0n) is 10.8. The summed E-state index contributed by atoms with van der Waals surface area (Å²) in [7, 11) is 0. The Morgan fingerprint density at radius 3 is 2.80 bits per heavy atom. The number of nitro groups is 1. The molecule has 3 N–H and O–H groups in total. The second kappa shape index (κ2) is 5.70. The lowest BCUT2D eigenvalue weighted by molar-refractivity contribution is -0.384. The lowest BCUT2D eigenvalue weighted by Gasteiger charge is -2.04. The number of nitrogens with zero attached hydrogens (tertiary/aromatic N) is 1. The van der Waals surface area contributed by atoms with Crippen molar-refractivity contribution in [1.29, 1.82) is 0 Å². The monoisotopic (exact) mass is 291 g/mol. The zero-order chi connectivity index (χ0) is 14.7. The second-order valence-corrected chi connectivity index (χ2v) is 5.53. The van der Waals surface area contributed by atoms with Crippen molar-refractivity contribution in [3.05, 3.63) is 56.5 Å². The maximum absolute atomic E-state index is 12.0. The number of nitrogens with one attached hydrogen (secondary N) is 1. The molecule has 1 aromatic heterocycles. The molecule has 0 aliphatic rings. The van der Waals surface area contributed by atoms with E-state index in [0.29, 0.717) is 16.1 Å². The number of non-ortho nitro benzene ring substituents is 1. The third kappa shape index (κ3) is 3.12. The fraction of sp³-hybridized carbons (Fsp3) is 0.154. The molecule has 7 heteroatoms. The van der Waals surface area contributed by atoms with Gasteiger partial charge in [0.2, 0.25) is 0 Å². The number of nitro benzene ring substituents is 1. The number of carbonyl (C=O) groups is 1. The van der Waals surface area contributed by atoms with Gasteiger partial charge in [-0.15, -0.1) is 11.3 Å². The third-order valence-corrected chi connectivity index (χ3v) is 3.58. The summed E-state index contributed by atoms with van der Waals surface area (Å²) in [5.41, 5.74) is 6.85. The van der Waals surface area contributed by atoms with Crippen molar-refractivity contribution < 1.29 is 9.72 Å². The van der Waals surface area contributed by atoms with Crippen LogP contribution in [-0.2, 0) is 6.54 Å². The minimum atomic E-state index is -0.467. The van der Waals surface area contributed by atoms with E-state index >= 15 is 0 Å². The molecule has 20 heavy (non-hydrogen) atoms. The quantitative estimate of drug-likeness (QED) is 0.667. The molecule has 2 rings (SSSR count). The lowest BCUT2D eigenvalue weighted by Crippen LogP contribution is -2.23. The largest absolute Gasteiger partial charge is 0.390 e. The summed E-state index contributed by atoms with van der Waals surface area (Å²) in [4.78, 5) is 23.1. The van der Waals surface area contributed by atoms with Gasteiger partial charge in [-0.05, 0) is 18.6 Å². The summed E-state index contributed by atoms with van der Waals surface area (Å²) in [6.45, 7) is 2.09. The molecule has 0 bridgehead atoms. The van der Waals surface area contributed by atoms with Gasteiger partial charge in [0, 0.05) is 23.6 Å². The molecule has 0 saturated carbocycles. The molecule has 6 nitrogen and oxygen atoms in total. The Morgan fingerprint density at radius 2 is 2.20 bits per heavy atom. The molecular weight excluding hydrogens is 278 g/mol. The average Bonchev–Trinajstić information content (AvgIpc) is 2.75. The van der Waals surface area contributed by atoms with Gasteiger partial charge in [-0.3, -0.25) is 14.9 Å². The van der Waals surface area contributed by atoms with Crippen molar-refractivity contribution in [2.45, 2.75) is 13.5 Å². The number of hydrogen-bond donors (Lipinski definition) is 2. The van der Waals surface area contributed by atoms with Gasteiger partial charge in [0.05, 0.1) is 15.5 Å². The molecule has 0 spiro atoms. The van der Waals surface area contributed by atoms with Crippen LogP contribution in [0.2, 0.25) is 0 Å². The zero-order valence-corrected chi connectivity index (χ0v) is 11.6. The van der Waals surface area contributed by atoms with Crippen LogP contribution in [0.1, 0.15) is 20.8 Å². The number of nitrogens with two attached hydrogens (primary N) is 1. The topological polar surface area (TPSA) is 98.3 Å². The minimum Gasteiger partial charge on any atom is -0.390 e. The molecule has 1 aromatic carbocycles. The Bertz CT molecular complexity index is 667. The van der Waals surface area contributed by atoms with Crippen molar-refractivity contribution in [3.8, 4) is 0 Å². The van der Waals surface area contributed by atoms with Gasteiger partial charge in [0.25, 0.3) is 11.6 Å². The van der Waals surface area contributed by atoms with E-state index in [9.17, 15) is 14.9 Å². The van der Waals surface area contributed by atoms with Crippen LogP contribution in [0, 0.1) is 17.0 Å². The Morgan fingerprint density at radius 1 is 1.45 bits per heavy atom. The SMILES string of the molecule is Cc1cc(C(=O)NCc2cccc([N+](=O)[O-])c2)c(N)s1. The van der Waals surface area contributed by atoms with Gasteiger partial charge in [0.15, 0.2) is 0 Å². The molecule has 0 saturated heterocycles. The van der Waals surface area contributed by atoms with Crippen LogP contribution in [0.5, 0.6) is 0 Å². The fourth-order valence-corrected chi connectivity index (χ4v) is 2.55. The Kier molecular flexibility index (Phi) is 3.99. The number of benzene rings is 1. The molecule has 0 radical (unpaired) electrons. The average molecular weight is 291 g/mol. The second-order valence-electron chi connectivity index (χ2n) is 4.24. The molecule has 0 atom stereocenters. The molecule has 104 valence electrons. The highest BCUT2D eigenvalue weighted by molar-refractivity contribution is 7.16. The number of aryl methyl sites for hydroxylation is 1. The van der Waals surface area contributed by atoms with E-state index in [4.69, 9.17) is 5.73 Å². The molecule has 0 aliphatic heterocycles. The number of rotatable bonds is 4. The molecule has 1 amide bonds. The van der Waals surface area contributed by atoms with Crippen molar-refractivity contribution in [1.82, 2.24) is 5.32 Å². The molecule has 0 fully saturated rings. The first-order valence-electron chi connectivity index (χ1n) is 5.85. The van der Waals surface area contributed by atoms with Crippen LogP contribution in [0.4, 0.5) is 10.7 Å². The van der Waals surface area contributed by atoms with Gasteiger partial charge in [-0.25, -0.2) is 0 Å². The van der Waals surface area contributed by atoms with E-state index in [1.165, 1.54) is 23.5 Å². The number of thiophene rings is 1. The summed E-state index contributed by atoms with van der Waals surface area (Å²) < 4.78 is 0. The number of hydrogen-bond acceptors (Lipinski definition) is 5. The number of amides is 1. The van der Waals surface area contributed by atoms with Crippen LogP contribution >= 0.6 is 11.3 Å². The van der Waals surface area contributed by atoms with Crippen LogP contribution in [0.15, 0.2) is 30.3 Å². The van der Waals surface area contributed by atoms with E-state index in [1.54, 1.807) is 18.2 Å². The van der Waals surface area contributed by atoms with Crippen molar-refractivity contribution >= 4 is 27.9 Å². The maximum atomic E-state index is 12.0. The van der Waals surface area contributed by atoms with Gasteiger partial charge < -0.3 is 11.1 Å².